The zero-order chi connectivity index (χ0) is 15.1. The number of nitrogens with one attached hydrogen (secondary N) is 1. The van der Waals surface area contributed by atoms with Crippen molar-refractivity contribution in [3.05, 3.63) is 42.5 Å². The van der Waals surface area contributed by atoms with Crippen LogP contribution < -0.4 is 5.32 Å². The Morgan fingerprint density at radius 3 is 2.90 bits per heavy atom. The Morgan fingerprint density at radius 2 is 2.19 bits per heavy atom. The highest BCUT2D eigenvalue weighted by Gasteiger charge is 2.08. The Hall–Kier alpha value is -1.82. The number of amides is 1. The molecule has 1 amide bonds. The van der Waals surface area contributed by atoms with Gasteiger partial charge >= 0.3 is 0 Å². The van der Waals surface area contributed by atoms with E-state index in [0.29, 0.717) is 24.8 Å². The molecule has 2 heterocycles. The first-order valence-electron chi connectivity index (χ1n) is 6.95. The second-order valence-corrected chi connectivity index (χ2v) is 6.09. The molecule has 0 saturated carbocycles. The van der Waals surface area contributed by atoms with E-state index in [9.17, 15) is 4.79 Å². The van der Waals surface area contributed by atoms with Crippen LogP contribution in [0.2, 0.25) is 0 Å². The van der Waals surface area contributed by atoms with Crippen molar-refractivity contribution in [2.45, 2.75) is 25.5 Å². The quantitative estimate of drug-likeness (QED) is 0.797. The van der Waals surface area contributed by atoms with Gasteiger partial charge in [-0.2, -0.15) is 0 Å². The molecule has 0 aliphatic heterocycles. The van der Waals surface area contributed by atoms with Crippen molar-refractivity contribution in [2.24, 2.45) is 5.92 Å². The number of hydrogen-bond donors (Lipinski definition) is 1. The lowest BCUT2D eigenvalue weighted by atomic mass is 10.2. The van der Waals surface area contributed by atoms with Crippen LogP contribution in [-0.2, 0) is 11.3 Å². The number of thioether (sulfide) groups is 1. The van der Waals surface area contributed by atoms with Crippen molar-refractivity contribution >= 4 is 17.7 Å². The first kappa shape index (κ1) is 15.6. The highest BCUT2D eigenvalue weighted by molar-refractivity contribution is 7.99. The summed E-state index contributed by atoms with van der Waals surface area (Å²) in [5.41, 5.74) is 0.974. The van der Waals surface area contributed by atoms with E-state index in [0.717, 1.165) is 10.9 Å². The summed E-state index contributed by atoms with van der Waals surface area (Å²) in [5, 5.41) is 3.74. The van der Waals surface area contributed by atoms with Gasteiger partial charge in [0.2, 0.25) is 5.91 Å². The fraction of sp³-hybridized carbons (Fsp3) is 0.400. The van der Waals surface area contributed by atoms with Crippen molar-refractivity contribution in [3.63, 3.8) is 0 Å². The largest absolute Gasteiger partial charge is 0.355 e. The van der Waals surface area contributed by atoms with Crippen LogP contribution in [0, 0.1) is 5.92 Å². The standard InChI is InChI=1S/C15H20N4OS/c1-12(2)9-18-14(20)11-21-15-17-7-8-19(15)10-13-5-3-4-6-16-13/h3-8,12H,9-11H2,1-2H3,(H,18,20). The van der Waals surface area contributed by atoms with Gasteiger partial charge < -0.3 is 9.88 Å². The number of hydrogen-bond acceptors (Lipinski definition) is 4. The Labute approximate surface area is 129 Å². The summed E-state index contributed by atoms with van der Waals surface area (Å²) in [5.74, 6) is 0.887. The van der Waals surface area contributed by atoms with Gasteiger partial charge in [-0.1, -0.05) is 31.7 Å². The molecule has 0 atom stereocenters. The molecule has 21 heavy (non-hydrogen) atoms. The van der Waals surface area contributed by atoms with Crippen molar-refractivity contribution in [2.75, 3.05) is 12.3 Å². The van der Waals surface area contributed by atoms with Crippen LogP contribution in [0.4, 0.5) is 0 Å². The fourth-order valence-electron chi connectivity index (χ4n) is 1.72. The smallest absolute Gasteiger partial charge is 0.230 e. The predicted molar refractivity (Wildman–Crippen MR) is 84.1 cm³/mol. The van der Waals surface area contributed by atoms with E-state index >= 15 is 0 Å². The molecule has 6 heteroatoms. The highest BCUT2D eigenvalue weighted by Crippen LogP contribution is 2.16. The summed E-state index contributed by atoms with van der Waals surface area (Å²) < 4.78 is 2.00. The lowest BCUT2D eigenvalue weighted by Gasteiger charge is -2.08. The molecule has 2 aromatic heterocycles. The summed E-state index contributed by atoms with van der Waals surface area (Å²) in [4.78, 5) is 20.3. The van der Waals surface area contributed by atoms with E-state index in [4.69, 9.17) is 0 Å². The summed E-state index contributed by atoms with van der Waals surface area (Å²) in [6, 6.07) is 5.83. The number of pyridine rings is 1. The number of carbonyl (C=O) groups excluding carboxylic acids is 1. The van der Waals surface area contributed by atoms with Gasteiger partial charge in [0.25, 0.3) is 0 Å². The minimum Gasteiger partial charge on any atom is -0.355 e. The molecule has 0 aromatic carbocycles. The summed E-state index contributed by atoms with van der Waals surface area (Å²) >= 11 is 1.44. The highest BCUT2D eigenvalue weighted by atomic mass is 32.2. The number of carbonyl (C=O) groups is 1. The maximum absolute atomic E-state index is 11.7. The molecular formula is C15H20N4OS. The molecule has 5 nitrogen and oxygen atoms in total. The van der Waals surface area contributed by atoms with Crippen molar-refractivity contribution in [1.82, 2.24) is 19.9 Å². The van der Waals surface area contributed by atoms with Crippen molar-refractivity contribution < 1.29 is 4.79 Å². The number of rotatable bonds is 7. The molecule has 1 N–H and O–H groups in total. The lowest BCUT2D eigenvalue weighted by molar-refractivity contribution is -0.118. The lowest BCUT2D eigenvalue weighted by Crippen LogP contribution is -2.28. The third-order valence-corrected chi connectivity index (χ3v) is 3.78. The van der Waals surface area contributed by atoms with Crippen LogP contribution >= 0.6 is 11.8 Å². The maximum atomic E-state index is 11.7. The molecule has 2 rings (SSSR count). The van der Waals surface area contributed by atoms with Crippen LogP contribution in [0.15, 0.2) is 41.9 Å². The van der Waals surface area contributed by atoms with Gasteiger partial charge in [-0.25, -0.2) is 4.98 Å². The number of imidazole rings is 1. The topological polar surface area (TPSA) is 59.8 Å². The molecule has 2 aromatic rings. The van der Waals surface area contributed by atoms with Crippen LogP contribution in [0.1, 0.15) is 19.5 Å². The average molecular weight is 304 g/mol. The third-order valence-electron chi connectivity index (χ3n) is 2.78. The van der Waals surface area contributed by atoms with Gasteiger partial charge in [-0.15, -0.1) is 0 Å². The van der Waals surface area contributed by atoms with Crippen LogP contribution in [-0.4, -0.2) is 32.7 Å². The molecule has 0 spiro atoms. The van der Waals surface area contributed by atoms with Gasteiger partial charge in [0, 0.05) is 25.1 Å². The van der Waals surface area contributed by atoms with E-state index < -0.39 is 0 Å². The molecule has 0 radical (unpaired) electrons. The van der Waals surface area contributed by atoms with Gasteiger partial charge in [0.05, 0.1) is 18.0 Å². The Balaban J connectivity index is 1.87. The molecular weight excluding hydrogens is 284 g/mol. The molecule has 0 saturated heterocycles. The Bertz CT molecular complexity index is 568. The predicted octanol–water partition coefficient (Wildman–Crippen LogP) is 2.19. The first-order chi connectivity index (χ1) is 10.1. The average Bonchev–Trinajstić information content (AvgIpc) is 2.91. The normalized spacial score (nSPS) is 10.8. The monoisotopic (exact) mass is 304 g/mol. The maximum Gasteiger partial charge on any atom is 0.230 e. The van der Waals surface area contributed by atoms with E-state index in [1.807, 2.05) is 29.0 Å². The number of nitrogens with zero attached hydrogens (tertiary/aromatic N) is 3. The second kappa shape index (κ2) is 7.83. The molecule has 0 unspecified atom stereocenters. The van der Waals surface area contributed by atoms with Gasteiger partial charge in [0.1, 0.15) is 0 Å². The van der Waals surface area contributed by atoms with E-state index in [2.05, 4.69) is 29.1 Å². The molecule has 0 bridgehead atoms. The summed E-state index contributed by atoms with van der Waals surface area (Å²) in [6.07, 6.45) is 5.43. The zero-order valence-electron chi connectivity index (χ0n) is 12.3. The van der Waals surface area contributed by atoms with Crippen LogP contribution in [0.3, 0.4) is 0 Å². The van der Waals surface area contributed by atoms with E-state index in [1.54, 1.807) is 12.4 Å². The van der Waals surface area contributed by atoms with Crippen LogP contribution in [0.5, 0.6) is 0 Å². The van der Waals surface area contributed by atoms with Gasteiger partial charge in [0.15, 0.2) is 5.16 Å². The summed E-state index contributed by atoms with van der Waals surface area (Å²) in [6.45, 7) is 5.53. The molecule has 0 fully saturated rings. The number of aromatic nitrogens is 3. The Kier molecular flexibility index (Phi) is 5.80. The Morgan fingerprint density at radius 1 is 1.33 bits per heavy atom. The molecule has 0 aliphatic rings. The minimum absolute atomic E-state index is 0.0427. The SMILES string of the molecule is CC(C)CNC(=O)CSc1nccn1Cc1ccccn1. The zero-order valence-corrected chi connectivity index (χ0v) is 13.1. The van der Waals surface area contributed by atoms with Gasteiger partial charge in [-0.05, 0) is 18.1 Å². The third kappa shape index (κ3) is 5.23. The fourth-order valence-corrected chi connectivity index (χ4v) is 2.51. The molecule has 0 aliphatic carbocycles. The summed E-state index contributed by atoms with van der Waals surface area (Å²) in [7, 11) is 0. The second-order valence-electron chi connectivity index (χ2n) is 5.15. The van der Waals surface area contributed by atoms with Gasteiger partial charge in [-0.3, -0.25) is 9.78 Å². The molecule has 112 valence electrons. The van der Waals surface area contributed by atoms with Crippen molar-refractivity contribution in [3.8, 4) is 0 Å². The van der Waals surface area contributed by atoms with Crippen molar-refractivity contribution in [1.29, 1.82) is 0 Å². The van der Waals surface area contributed by atoms with Crippen LogP contribution in [0.25, 0.3) is 0 Å². The minimum atomic E-state index is 0.0427. The van der Waals surface area contributed by atoms with E-state index in [-0.39, 0.29) is 5.91 Å². The first-order valence-corrected chi connectivity index (χ1v) is 7.94. The van der Waals surface area contributed by atoms with E-state index in [1.165, 1.54) is 11.8 Å².